The zero-order valence-corrected chi connectivity index (χ0v) is 17.9. The summed E-state index contributed by atoms with van der Waals surface area (Å²) in [5.74, 6) is 0.726. The highest BCUT2D eigenvalue weighted by atomic mass is 16.5. The molecule has 1 atom stereocenters. The number of fused-ring (bicyclic) bond motifs is 3. The van der Waals surface area contributed by atoms with Crippen LogP contribution in [0.2, 0.25) is 0 Å². The Morgan fingerprint density at radius 3 is 2.50 bits per heavy atom. The summed E-state index contributed by atoms with van der Waals surface area (Å²) in [6.45, 7) is 2.43. The summed E-state index contributed by atoms with van der Waals surface area (Å²) in [7, 11) is 1.65. The van der Waals surface area contributed by atoms with Crippen molar-refractivity contribution in [2.45, 2.75) is 82.5 Å². The highest BCUT2D eigenvalue weighted by Gasteiger charge is 2.51. The van der Waals surface area contributed by atoms with Gasteiger partial charge in [-0.2, -0.15) is 0 Å². The summed E-state index contributed by atoms with van der Waals surface area (Å²) in [4.78, 5) is 29.3. The molecule has 0 radical (unpaired) electrons. The van der Waals surface area contributed by atoms with Gasteiger partial charge in [0.25, 0.3) is 5.91 Å². The fourth-order valence-corrected chi connectivity index (χ4v) is 5.76. The summed E-state index contributed by atoms with van der Waals surface area (Å²) >= 11 is 0. The van der Waals surface area contributed by atoms with Gasteiger partial charge in [-0.1, -0.05) is 25.7 Å². The number of carbonyl (C=O) groups is 2. The molecule has 1 aliphatic heterocycles. The molecule has 2 saturated carbocycles. The number of nitrogens with one attached hydrogen (secondary N) is 1. The molecule has 1 aromatic carbocycles. The number of rotatable bonds is 4. The number of carbonyl (C=O) groups excluding carboxylic acids is 2. The molecular formula is C24H31N3O3. The second-order valence-corrected chi connectivity index (χ2v) is 9.38. The quantitative estimate of drug-likeness (QED) is 0.834. The van der Waals surface area contributed by atoms with Crippen molar-refractivity contribution in [1.82, 2.24) is 14.8 Å². The number of aromatic nitrogens is 1. The zero-order chi connectivity index (χ0) is 20.9. The largest absolute Gasteiger partial charge is 0.497 e. The lowest BCUT2D eigenvalue weighted by atomic mass is 9.91. The van der Waals surface area contributed by atoms with E-state index in [0.29, 0.717) is 12.2 Å². The van der Waals surface area contributed by atoms with E-state index < -0.39 is 5.54 Å². The van der Waals surface area contributed by atoms with E-state index in [1.54, 1.807) is 7.11 Å². The van der Waals surface area contributed by atoms with E-state index in [2.05, 4.69) is 5.32 Å². The first-order valence-electron chi connectivity index (χ1n) is 11.3. The molecule has 1 N–H and O–H groups in total. The Kier molecular flexibility index (Phi) is 4.75. The van der Waals surface area contributed by atoms with Crippen LogP contribution >= 0.6 is 0 Å². The van der Waals surface area contributed by atoms with E-state index in [0.717, 1.165) is 55.2 Å². The Labute approximate surface area is 177 Å². The smallest absolute Gasteiger partial charge is 0.271 e. The third-order valence-corrected chi connectivity index (χ3v) is 7.42. The Bertz CT molecular complexity index is 985. The predicted octanol–water partition coefficient (Wildman–Crippen LogP) is 3.87. The SMILES string of the molecule is COc1ccc2cc3n(c2c1)C[C@@](C)(C(=O)NC1CCCC1)N(C1CCCC1)C3=O. The van der Waals surface area contributed by atoms with Crippen LogP contribution in [0.5, 0.6) is 5.75 Å². The van der Waals surface area contributed by atoms with E-state index in [1.807, 2.05) is 40.7 Å². The van der Waals surface area contributed by atoms with Gasteiger partial charge in [0.05, 0.1) is 19.2 Å². The van der Waals surface area contributed by atoms with Crippen LogP contribution in [-0.2, 0) is 11.3 Å². The van der Waals surface area contributed by atoms with Crippen molar-refractivity contribution in [2.24, 2.45) is 0 Å². The lowest BCUT2D eigenvalue weighted by Gasteiger charge is -2.47. The summed E-state index contributed by atoms with van der Waals surface area (Å²) in [6, 6.07) is 8.21. The number of hydrogen-bond acceptors (Lipinski definition) is 3. The first-order chi connectivity index (χ1) is 14.5. The molecule has 0 saturated heterocycles. The van der Waals surface area contributed by atoms with Crippen molar-refractivity contribution in [3.63, 3.8) is 0 Å². The van der Waals surface area contributed by atoms with Crippen molar-refractivity contribution in [3.05, 3.63) is 30.0 Å². The Hall–Kier alpha value is -2.50. The minimum atomic E-state index is -0.892. The number of ether oxygens (including phenoxy) is 1. The third-order valence-electron chi connectivity index (χ3n) is 7.42. The molecule has 2 heterocycles. The van der Waals surface area contributed by atoms with Crippen LogP contribution in [0.25, 0.3) is 10.9 Å². The lowest BCUT2D eigenvalue weighted by molar-refractivity contribution is -0.135. The van der Waals surface area contributed by atoms with Crippen LogP contribution < -0.4 is 10.1 Å². The molecule has 5 rings (SSSR count). The third kappa shape index (κ3) is 2.99. The van der Waals surface area contributed by atoms with Crippen molar-refractivity contribution >= 4 is 22.7 Å². The first-order valence-corrected chi connectivity index (χ1v) is 11.3. The average Bonchev–Trinajstić information content (AvgIpc) is 3.49. The molecule has 6 nitrogen and oxygen atoms in total. The molecule has 1 aromatic heterocycles. The maximum absolute atomic E-state index is 13.8. The Morgan fingerprint density at radius 1 is 1.10 bits per heavy atom. The van der Waals surface area contributed by atoms with Gasteiger partial charge in [0.1, 0.15) is 17.0 Å². The van der Waals surface area contributed by atoms with E-state index >= 15 is 0 Å². The summed E-state index contributed by atoms with van der Waals surface area (Å²) in [6.07, 6.45) is 8.60. The lowest BCUT2D eigenvalue weighted by Crippen LogP contribution is -2.67. The normalized spacial score (nSPS) is 25.1. The van der Waals surface area contributed by atoms with E-state index in [9.17, 15) is 9.59 Å². The van der Waals surface area contributed by atoms with E-state index in [4.69, 9.17) is 4.74 Å². The molecule has 2 aromatic rings. The molecule has 160 valence electrons. The standard InChI is InChI=1S/C24H31N3O3/c1-24(23(29)25-17-7-3-4-8-17)15-26-20-14-19(30-2)12-11-16(20)13-21(26)22(28)27(24)18-9-5-6-10-18/h11-14,17-18H,3-10,15H2,1-2H3,(H,25,29)/t24-/m0/s1. The van der Waals surface area contributed by atoms with Crippen LogP contribution in [-0.4, -0.2) is 46.0 Å². The van der Waals surface area contributed by atoms with Crippen LogP contribution in [0, 0.1) is 0 Å². The van der Waals surface area contributed by atoms with Crippen molar-refractivity contribution in [1.29, 1.82) is 0 Å². The van der Waals surface area contributed by atoms with Crippen molar-refractivity contribution in [2.75, 3.05) is 7.11 Å². The van der Waals surface area contributed by atoms with Crippen LogP contribution in [0.15, 0.2) is 24.3 Å². The van der Waals surface area contributed by atoms with Gasteiger partial charge in [-0.05, 0) is 50.8 Å². The van der Waals surface area contributed by atoms with Crippen molar-refractivity contribution < 1.29 is 14.3 Å². The van der Waals surface area contributed by atoms with Gasteiger partial charge in [0.2, 0.25) is 5.91 Å². The minimum absolute atomic E-state index is 0.00922. The van der Waals surface area contributed by atoms with E-state index in [-0.39, 0.29) is 23.9 Å². The Balaban J connectivity index is 1.59. The first kappa shape index (κ1) is 19.5. The fraction of sp³-hybridized carbons (Fsp3) is 0.583. The zero-order valence-electron chi connectivity index (χ0n) is 17.9. The van der Waals surface area contributed by atoms with Gasteiger partial charge >= 0.3 is 0 Å². The molecule has 30 heavy (non-hydrogen) atoms. The summed E-state index contributed by atoms with van der Waals surface area (Å²) in [5.41, 5.74) is 0.733. The number of methoxy groups -OCH3 is 1. The molecular weight excluding hydrogens is 378 g/mol. The minimum Gasteiger partial charge on any atom is -0.497 e. The van der Waals surface area contributed by atoms with Crippen molar-refractivity contribution in [3.8, 4) is 5.75 Å². The van der Waals surface area contributed by atoms with E-state index in [1.165, 1.54) is 12.8 Å². The number of hydrogen-bond donors (Lipinski definition) is 1. The van der Waals surface area contributed by atoms with Crippen LogP contribution in [0.1, 0.15) is 68.8 Å². The summed E-state index contributed by atoms with van der Waals surface area (Å²) < 4.78 is 7.44. The van der Waals surface area contributed by atoms with Crippen LogP contribution in [0.4, 0.5) is 0 Å². The summed E-state index contributed by atoms with van der Waals surface area (Å²) in [5, 5.41) is 4.29. The maximum atomic E-state index is 13.8. The molecule has 0 bridgehead atoms. The highest BCUT2D eigenvalue weighted by molar-refractivity contribution is 6.04. The topological polar surface area (TPSA) is 63.6 Å². The number of nitrogens with zero attached hydrogens (tertiary/aromatic N) is 2. The number of benzene rings is 1. The Morgan fingerprint density at radius 2 is 1.80 bits per heavy atom. The molecule has 2 fully saturated rings. The molecule has 6 heteroatoms. The van der Waals surface area contributed by atoms with Gasteiger partial charge in [0.15, 0.2) is 0 Å². The van der Waals surface area contributed by atoms with Gasteiger partial charge in [-0.25, -0.2) is 0 Å². The predicted molar refractivity (Wildman–Crippen MR) is 116 cm³/mol. The second-order valence-electron chi connectivity index (χ2n) is 9.38. The highest BCUT2D eigenvalue weighted by Crippen LogP contribution is 2.38. The van der Waals surface area contributed by atoms with Gasteiger partial charge in [-0.15, -0.1) is 0 Å². The average molecular weight is 410 g/mol. The monoisotopic (exact) mass is 409 g/mol. The van der Waals surface area contributed by atoms with Gasteiger partial charge in [0, 0.05) is 23.5 Å². The van der Waals surface area contributed by atoms with Gasteiger partial charge in [-0.3, -0.25) is 9.59 Å². The van der Waals surface area contributed by atoms with Gasteiger partial charge < -0.3 is 19.5 Å². The maximum Gasteiger partial charge on any atom is 0.271 e. The number of amides is 2. The molecule has 2 aliphatic carbocycles. The van der Waals surface area contributed by atoms with Crippen LogP contribution in [0.3, 0.4) is 0 Å². The second kappa shape index (κ2) is 7.33. The molecule has 0 unspecified atom stereocenters. The molecule has 2 amide bonds. The molecule has 0 spiro atoms. The molecule has 3 aliphatic rings. The fourth-order valence-electron chi connectivity index (χ4n) is 5.76.